The molecule has 124 valence electrons. The number of carbonyl (C=O) groups excluding carboxylic acids is 2. The van der Waals surface area contributed by atoms with Gasteiger partial charge in [0, 0.05) is 18.7 Å². The van der Waals surface area contributed by atoms with E-state index in [0.29, 0.717) is 25.1 Å². The second-order valence-corrected chi connectivity index (χ2v) is 5.74. The summed E-state index contributed by atoms with van der Waals surface area (Å²) >= 11 is 0. The first-order chi connectivity index (χ1) is 11.7. The molecule has 0 spiro atoms. The van der Waals surface area contributed by atoms with Crippen LogP contribution in [0.1, 0.15) is 24.4 Å². The number of anilines is 1. The minimum atomic E-state index is -0.516. The van der Waals surface area contributed by atoms with E-state index in [1.165, 1.54) is 0 Å². The molecular formula is C19H20N2O3. The van der Waals surface area contributed by atoms with Crippen LogP contribution < -0.4 is 10.1 Å². The number of likely N-dealkylation sites (tertiary alicyclic amines) is 1. The molecule has 0 aromatic heterocycles. The standard InChI is InChI=1S/C19H20N2O3/c1-24-16-11-9-15(10-12-16)20-19(23)21-13-5-8-17(22)18(21)14-6-3-2-4-7-14/h2-4,6-7,9-12,18H,5,8,13H2,1H3,(H,20,23). The highest BCUT2D eigenvalue weighted by molar-refractivity contribution is 5.95. The van der Waals surface area contributed by atoms with Gasteiger partial charge in [0.25, 0.3) is 0 Å². The van der Waals surface area contributed by atoms with Crippen molar-refractivity contribution in [2.45, 2.75) is 18.9 Å². The number of piperidine rings is 1. The lowest BCUT2D eigenvalue weighted by atomic mass is 9.94. The molecule has 5 nitrogen and oxygen atoms in total. The summed E-state index contributed by atoms with van der Waals surface area (Å²) in [5, 5.41) is 2.86. The molecule has 1 atom stereocenters. The summed E-state index contributed by atoms with van der Waals surface area (Å²) in [4.78, 5) is 26.7. The Kier molecular flexibility index (Phi) is 4.79. The quantitative estimate of drug-likeness (QED) is 0.938. The highest BCUT2D eigenvalue weighted by Crippen LogP contribution is 2.29. The van der Waals surface area contributed by atoms with Gasteiger partial charge in [0.05, 0.1) is 7.11 Å². The summed E-state index contributed by atoms with van der Waals surface area (Å²) in [5.74, 6) is 0.806. The first kappa shape index (κ1) is 16.1. The van der Waals surface area contributed by atoms with Crippen LogP contribution in [0.4, 0.5) is 10.5 Å². The summed E-state index contributed by atoms with van der Waals surface area (Å²) in [6.07, 6.45) is 1.20. The van der Waals surface area contributed by atoms with Gasteiger partial charge in [0.15, 0.2) is 5.78 Å². The number of benzene rings is 2. The minimum Gasteiger partial charge on any atom is -0.497 e. The number of nitrogens with one attached hydrogen (secondary N) is 1. The van der Waals surface area contributed by atoms with Gasteiger partial charge < -0.3 is 15.0 Å². The maximum Gasteiger partial charge on any atom is 0.322 e. The second kappa shape index (κ2) is 7.17. The zero-order chi connectivity index (χ0) is 16.9. The second-order valence-electron chi connectivity index (χ2n) is 5.74. The van der Waals surface area contributed by atoms with Gasteiger partial charge in [-0.1, -0.05) is 30.3 Å². The Morgan fingerprint density at radius 3 is 2.50 bits per heavy atom. The molecule has 0 saturated carbocycles. The molecular weight excluding hydrogens is 304 g/mol. The van der Waals surface area contributed by atoms with Gasteiger partial charge >= 0.3 is 6.03 Å². The third-order valence-corrected chi connectivity index (χ3v) is 4.16. The van der Waals surface area contributed by atoms with Crippen molar-refractivity contribution in [1.29, 1.82) is 0 Å². The minimum absolute atomic E-state index is 0.0809. The number of urea groups is 1. The Balaban J connectivity index is 1.79. The van der Waals surface area contributed by atoms with Gasteiger partial charge in [-0.15, -0.1) is 0 Å². The molecule has 0 aliphatic carbocycles. The summed E-state index contributed by atoms with van der Waals surface area (Å²) in [5.41, 5.74) is 1.53. The van der Waals surface area contributed by atoms with Crippen LogP contribution in [0.25, 0.3) is 0 Å². The van der Waals surface area contributed by atoms with Crippen LogP contribution >= 0.6 is 0 Å². The zero-order valence-electron chi connectivity index (χ0n) is 13.6. The average Bonchev–Trinajstić information content (AvgIpc) is 2.63. The van der Waals surface area contributed by atoms with Gasteiger partial charge in [0.2, 0.25) is 0 Å². The van der Waals surface area contributed by atoms with E-state index in [2.05, 4.69) is 5.32 Å². The van der Waals surface area contributed by atoms with Crippen LogP contribution in [0.15, 0.2) is 54.6 Å². The third kappa shape index (κ3) is 3.40. The fourth-order valence-corrected chi connectivity index (χ4v) is 2.95. The number of ketones is 1. The van der Waals surface area contributed by atoms with E-state index in [4.69, 9.17) is 4.74 Å². The van der Waals surface area contributed by atoms with Crippen LogP contribution in [0.3, 0.4) is 0 Å². The Bertz CT molecular complexity index is 713. The van der Waals surface area contributed by atoms with E-state index in [0.717, 1.165) is 11.3 Å². The number of hydrogen-bond acceptors (Lipinski definition) is 3. The molecule has 3 rings (SSSR count). The van der Waals surface area contributed by atoms with Crippen molar-refractivity contribution in [2.24, 2.45) is 0 Å². The Morgan fingerprint density at radius 2 is 1.83 bits per heavy atom. The predicted molar refractivity (Wildman–Crippen MR) is 92.1 cm³/mol. The number of hydrogen-bond donors (Lipinski definition) is 1. The molecule has 2 aromatic carbocycles. The topological polar surface area (TPSA) is 58.6 Å². The average molecular weight is 324 g/mol. The molecule has 24 heavy (non-hydrogen) atoms. The fraction of sp³-hybridized carbons (Fsp3) is 0.263. The fourth-order valence-electron chi connectivity index (χ4n) is 2.95. The van der Waals surface area contributed by atoms with Crippen molar-refractivity contribution in [3.63, 3.8) is 0 Å². The van der Waals surface area contributed by atoms with Crippen LogP contribution in [0.5, 0.6) is 5.75 Å². The molecule has 1 aliphatic heterocycles. The molecule has 5 heteroatoms. The lowest BCUT2D eigenvalue weighted by Gasteiger charge is -2.34. The van der Waals surface area contributed by atoms with E-state index < -0.39 is 6.04 Å². The molecule has 2 amide bonds. The molecule has 1 unspecified atom stereocenters. The number of carbonyl (C=O) groups is 2. The van der Waals surface area contributed by atoms with Gasteiger partial charge in [-0.25, -0.2) is 4.79 Å². The van der Waals surface area contributed by atoms with Crippen LogP contribution in [-0.4, -0.2) is 30.4 Å². The Hall–Kier alpha value is -2.82. The van der Waals surface area contributed by atoms with Crippen molar-refractivity contribution in [3.05, 3.63) is 60.2 Å². The van der Waals surface area contributed by atoms with Crippen molar-refractivity contribution < 1.29 is 14.3 Å². The maximum atomic E-state index is 12.7. The Labute approximate surface area is 141 Å². The first-order valence-electron chi connectivity index (χ1n) is 7.98. The largest absolute Gasteiger partial charge is 0.497 e. The predicted octanol–water partition coefficient (Wildman–Crippen LogP) is 3.63. The summed E-state index contributed by atoms with van der Waals surface area (Å²) in [6, 6.07) is 15.8. The van der Waals surface area contributed by atoms with E-state index in [9.17, 15) is 9.59 Å². The van der Waals surface area contributed by atoms with Gasteiger partial charge in [0.1, 0.15) is 11.8 Å². The normalized spacial score (nSPS) is 17.5. The lowest BCUT2D eigenvalue weighted by molar-refractivity contribution is -0.125. The van der Waals surface area contributed by atoms with Crippen LogP contribution in [-0.2, 0) is 4.79 Å². The SMILES string of the molecule is COc1ccc(NC(=O)N2CCCC(=O)C2c2ccccc2)cc1. The van der Waals surface area contributed by atoms with Crippen LogP contribution in [0, 0.1) is 0 Å². The molecule has 1 saturated heterocycles. The highest BCUT2D eigenvalue weighted by Gasteiger charge is 2.34. The van der Waals surface area contributed by atoms with Crippen molar-refractivity contribution >= 4 is 17.5 Å². The van der Waals surface area contributed by atoms with E-state index in [-0.39, 0.29) is 11.8 Å². The van der Waals surface area contributed by atoms with Crippen LogP contribution in [0.2, 0.25) is 0 Å². The number of methoxy groups -OCH3 is 1. The van der Waals surface area contributed by atoms with E-state index in [1.54, 1.807) is 36.3 Å². The first-order valence-corrected chi connectivity index (χ1v) is 7.98. The molecule has 0 bridgehead atoms. The summed E-state index contributed by atoms with van der Waals surface area (Å²) < 4.78 is 5.11. The monoisotopic (exact) mass is 324 g/mol. The van der Waals surface area contributed by atoms with Gasteiger partial charge in [-0.2, -0.15) is 0 Å². The zero-order valence-corrected chi connectivity index (χ0v) is 13.6. The summed E-state index contributed by atoms with van der Waals surface area (Å²) in [7, 11) is 1.59. The van der Waals surface area contributed by atoms with Crippen molar-refractivity contribution in [2.75, 3.05) is 19.0 Å². The smallest absolute Gasteiger partial charge is 0.322 e. The van der Waals surface area contributed by atoms with Gasteiger partial charge in [-0.3, -0.25) is 4.79 Å². The van der Waals surface area contributed by atoms with Crippen molar-refractivity contribution in [3.8, 4) is 5.75 Å². The molecule has 1 heterocycles. The number of ether oxygens (including phenoxy) is 1. The molecule has 1 N–H and O–H groups in total. The number of nitrogens with zero attached hydrogens (tertiary/aromatic N) is 1. The Morgan fingerprint density at radius 1 is 1.12 bits per heavy atom. The van der Waals surface area contributed by atoms with E-state index >= 15 is 0 Å². The number of amides is 2. The van der Waals surface area contributed by atoms with E-state index in [1.807, 2.05) is 30.3 Å². The molecule has 0 radical (unpaired) electrons. The number of rotatable bonds is 3. The molecule has 2 aromatic rings. The maximum absolute atomic E-state index is 12.7. The molecule has 1 fully saturated rings. The molecule has 1 aliphatic rings. The third-order valence-electron chi connectivity index (χ3n) is 4.16. The van der Waals surface area contributed by atoms with Crippen molar-refractivity contribution in [1.82, 2.24) is 4.90 Å². The summed E-state index contributed by atoms with van der Waals surface area (Å²) in [6.45, 7) is 0.563. The van der Waals surface area contributed by atoms with Gasteiger partial charge in [-0.05, 0) is 36.2 Å². The number of Topliss-reactive ketones (excluding diaryl/α,β-unsaturated/α-hetero) is 1. The lowest BCUT2D eigenvalue weighted by Crippen LogP contribution is -2.45. The highest BCUT2D eigenvalue weighted by atomic mass is 16.5.